The minimum Gasteiger partial charge on any atom is -0.496 e. The highest BCUT2D eigenvalue weighted by Crippen LogP contribution is 2.37. The Labute approximate surface area is 211 Å². The highest BCUT2D eigenvalue weighted by atomic mass is 32.2. The summed E-state index contributed by atoms with van der Waals surface area (Å²) in [6.07, 6.45) is -10.4. The topological polar surface area (TPSA) is 108 Å². The number of benzene rings is 2. The molecule has 0 unspecified atom stereocenters. The van der Waals surface area contributed by atoms with Crippen LogP contribution in [0.5, 0.6) is 11.6 Å². The van der Waals surface area contributed by atoms with Gasteiger partial charge in [0.25, 0.3) is 0 Å². The van der Waals surface area contributed by atoms with Gasteiger partial charge in [-0.05, 0) is 36.4 Å². The molecule has 0 saturated heterocycles. The summed E-state index contributed by atoms with van der Waals surface area (Å²) in [4.78, 5) is -1.19. The molecule has 0 aliphatic carbocycles. The van der Waals surface area contributed by atoms with Crippen LogP contribution in [0.2, 0.25) is 0 Å². The van der Waals surface area contributed by atoms with E-state index in [1.54, 1.807) is 24.3 Å². The zero-order valence-electron chi connectivity index (χ0n) is 19.2. The zero-order valence-corrected chi connectivity index (χ0v) is 20.0. The van der Waals surface area contributed by atoms with Crippen molar-refractivity contribution in [1.82, 2.24) is 24.5 Å². The van der Waals surface area contributed by atoms with Crippen LogP contribution < -0.4 is 14.2 Å². The summed E-state index contributed by atoms with van der Waals surface area (Å²) >= 11 is 0. The van der Waals surface area contributed by atoms with E-state index in [2.05, 4.69) is 15.3 Å². The van der Waals surface area contributed by atoms with Crippen molar-refractivity contribution in [3.63, 3.8) is 0 Å². The third kappa shape index (κ3) is 5.80. The number of rotatable bonds is 8. The number of para-hydroxylation sites is 1. The maximum Gasteiger partial charge on any atom is 0.416 e. The number of nitrogens with one attached hydrogen (secondary N) is 1. The van der Waals surface area contributed by atoms with E-state index >= 15 is 0 Å². The molecule has 0 saturated carbocycles. The molecule has 0 radical (unpaired) electrons. The molecule has 38 heavy (non-hydrogen) atoms. The van der Waals surface area contributed by atoms with Gasteiger partial charge < -0.3 is 9.47 Å². The van der Waals surface area contributed by atoms with Crippen LogP contribution in [0.4, 0.5) is 26.3 Å². The second kappa shape index (κ2) is 10.1. The van der Waals surface area contributed by atoms with Crippen molar-refractivity contribution in [1.29, 1.82) is 0 Å². The van der Waals surface area contributed by atoms with Gasteiger partial charge in [-0.15, -0.1) is 15.3 Å². The predicted molar refractivity (Wildman–Crippen MR) is 120 cm³/mol. The smallest absolute Gasteiger partial charge is 0.416 e. The number of sulfonamides is 1. The summed E-state index contributed by atoms with van der Waals surface area (Å²) in [6.45, 7) is -0.837. The van der Waals surface area contributed by atoms with Crippen LogP contribution in [0.25, 0.3) is 17.0 Å². The Bertz CT molecular complexity index is 1540. The first kappa shape index (κ1) is 27.1. The van der Waals surface area contributed by atoms with E-state index in [1.165, 1.54) is 23.8 Å². The molecule has 0 aliphatic heterocycles. The second-order valence-corrected chi connectivity index (χ2v) is 9.42. The lowest BCUT2D eigenvalue weighted by Crippen LogP contribution is -2.29. The van der Waals surface area contributed by atoms with E-state index in [-0.39, 0.29) is 30.7 Å². The van der Waals surface area contributed by atoms with Crippen LogP contribution in [0.1, 0.15) is 11.1 Å². The molecule has 4 aromatic rings. The number of alkyl halides is 6. The van der Waals surface area contributed by atoms with Crippen LogP contribution in [-0.4, -0.2) is 48.5 Å². The molecule has 0 amide bonds. The molecule has 16 heteroatoms. The average Bonchev–Trinajstić information content (AvgIpc) is 3.28. The normalized spacial score (nSPS) is 12.6. The van der Waals surface area contributed by atoms with Crippen LogP contribution in [0.3, 0.4) is 0 Å². The molecule has 0 aliphatic rings. The molecule has 0 fully saturated rings. The quantitative estimate of drug-likeness (QED) is 0.254. The van der Waals surface area contributed by atoms with Crippen molar-refractivity contribution in [2.45, 2.75) is 17.2 Å². The number of hydrogen-bond acceptors (Lipinski definition) is 7. The number of halogens is 6. The maximum absolute atomic E-state index is 13.1. The lowest BCUT2D eigenvalue weighted by molar-refractivity contribution is -0.143. The molecular weight excluding hydrogens is 544 g/mol. The van der Waals surface area contributed by atoms with E-state index < -0.39 is 44.9 Å². The Morgan fingerprint density at radius 2 is 1.58 bits per heavy atom. The lowest BCUT2D eigenvalue weighted by Gasteiger charge is -2.15. The van der Waals surface area contributed by atoms with Crippen molar-refractivity contribution >= 4 is 15.7 Å². The zero-order chi connectivity index (χ0) is 27.7. The third-order valence-electron chi connectivity index (χ3n) is 5.10. The van der Waals surface area contributed by atoms with Gasteiger partial charge in [0.05, 0.1) is 28.7 Å². The molecular formula is C22H17F6N5O4S. The fourth-order valence-electron chi connectivity index (χ4n) is 3.34. The number of ether oxygens (including phenoxy) is 2. The van der Waals surface area contributed by atoms with Crippen molar-refractivity contribution in [3.8, 4) is 23.0 Å². The minimum atomic E-state index is -5.19. The lowest BCUT2D eigenvalue weighted by atomic mass is 10.1. The summed E-state index contributed by atoms with van der Waals surface area (Å²) in [7, 11) is -3.27. The minimum absolute atomic E-state index is 0.0195. The van der Waals surface area contributed by atoms with Crippen LogP contribution >= 0.6 is 0 Å². The van der Waals surface area contributed by atoms with E-state index in [0.717, 1.165) is 0 Å². The summed E-state index contributed by atoms with van der Waals surface area (Å²) < 4.78 is 117. The molecule has 0 bridgehead atoms. The second-order valence-electron chi connectivity index (χ2n) is 7.65. The summed E-state index contributed by atoms with van der Waals surface area (Å²) in [6, 6.07) is 10.0. The third-order valence-corrected chi connectivity index (χ3v) is 6.54. The van der Waals surface area contributed by atoms with Gasteiger partial charge in [0.15, 0.2) is 11.5 Å². The first-order valence-electron chi connectivity index (χ1n) is 10.6. The number of aromatic nitrogens is 4. The van der Waals surface area contributed by atoms with Gasteiger partial charge in [-0.3, -0.25) is 0 Å². The van der Waals surface area contributed by atoms with E-state index in [4.69, 9.17) is 9.47 Å². The number of hydrogen-bond donors (Lipinski definition) is 1. The highest BCUT2D eigenvalue weighted by molar-refractivity contribution is 7.89. The maximum atomic E-state index is 13.1. The SMILES string of the molecule is COc1ccccc1-c1nnc2ccc(OCCNS(=O)(=O)c3cc(C(F)(F)F)cc(C(F)(F)F)c3)nn12. The number of nitrogens with zero attached hydrogens (tertiary/aromatic N) is 4. The van der Waals surface area contributed by atoms with E-state index in [0.29, 0.717) is 22.8 Å². The van der Waals surface area contributed by atoms with Gasteiger partial charge in [-0.25, -0.2) is 13.1 Å². The Hall–Kier alpha value is -3.92. The van der Waals surface area contributed by atoms with Crippen LogP contribution in [0, 0.1) is 0 Å². The van der Waals surface area contributed by atoms with Crippen molar-refractivity contribution in [2.24, 2.45) is 0 Å². The van der Waals surface area contributed by atoms with Crippen molar-refractivity contribution in [3.05, 3.63) is 65.7 Å². The van der Waals surface area contributed by atoms with Gasteiger partial charge in [-0.2, -0.15) is 30.9 Å². The van der Waals surface area contributed by atoms with Gasteiger partial charge in [0, 0.05) is 12.6 Å². The van der Waals surface area contributed by atoms with Gasteiger partial charge >= 0.3 is 12.4 Å². The molecule has 202 valence electrons. The molecule has 9 nitrogen and oxygen atoms in total. The Balaban J connectivity index is 1.49. The molecule has 0 atom stereocenters. The monoisotopic (exact) mass is 561 g/mol. The van der Waals surface area contributed by atoms with Gasteiger partial charge in [0.1, 0.15) is 12.4 Å². The molecule has 1 N–H and O–H groups in total. The predicted octanol–water partition coefficient (Wildman–Crippen LogP) is 4.19. The fraction of sp³-hybridized carbons (Fsp3) is 0.227. The average molecular weight is 561 g/mol. The number of methoxy groups -OCH3 is 1. The van der Waals surface area contributed by atoms with Crippen LogP contribution in [-0.2, 0) is 22.4 Å². The number of fused-ring (bicyclic) bond motifs is 1. The Morgan fingerprint density at radius 1 is 0.921 bits per heavy atom. The molecule has 0 spiro atoms. The first-order valence-corrected chi connectivity index (χ1v) is 12.1. The molecule has 2 aromatic carbocycles. The van der Waals surface area contributed by atoms with E-state index in [1.807, 2.05) is 4.72 Å². The molecule has 2 aromatic heterocycles. The van der Waals surface area contributed by atoms with E-state index in [9.17, 15) is 34.8 Å². The van der Waals surface area contributed by atoms with Gasteiger partial charge in [0.2, 0.25) is 15.9 Å². The standard InChI is InChI=1S/C22H17F6N5O4S/c1-36-17-5-3-2-4-16(17)20-31-30-18-6-7-19(32-33(18)20)37-9-8-29-38(34,35)15-11-13(21(23,24)25)10-14(12-15)22(26,27)28/h2-7,10-12,29H,8-9H2,1H3. The van der Waals surface area contributed by atoms with Crippen LogP contribution in [0.15, 0.2) is 59.5 Å². The Kier molecular flexibility index (Phi) is 7.20. The largest absolute Gasteiger partial charge is 0.496 e. The summed E-state index contributed by atoms with van der Waals surface area (Å²) in [5.74, 6) is 0.854. The fourth-order valence-corrected chi connectivity index (χ4v) is 4.43. The molecule has 2 heterocycles. The summed E-state index contributed by atoms with van der Waals surface area (Å²) in [5.41, 5.74) is -2.55. The summed E-state index contributed by atoms with van der Waals surface area (Å²) in [5, 5.41) is 12.3. The van der Waals surface area contributed by atoms with Crippen molar-refractivity contribution in [2.75, 3.05) is 20.3 Å². The molecule has 4 rings (SSSR count). The Morgan fingerprint density at radius 3 is 2.21 bits per heavy atom. The van der Waals surface area contributed by atoms with Gasteiger partial charge in [-0.1, -0.05) is 12.1 Å². The first-order chi connectivity index (χ1) is 17.8. The van der Waals surface area contributed by atoms with Crippen molar-refractivity contribution < 1.29 is 44.2 Å². The highest BCUT2D eigenvalue weighted by Gasteiger charge is 2.38.